The Bertz CT molecular complexity index is 1200. The highest BCUT2D eigenvalue weighted by atomic mass is 32.2. The van der Waals surface area contributed by atoms with Crippen LogP contribution in [0.3, 0.4) is 0 Å². The molecule has 1 heterocycles. The fourth-order valence-corrected chi connectivity index (χ4v) is 3.39. The number of aromatic nitrogens is 1. The zero-order valence-corrected chi connectivity index (χ0v) is 18.2. The molecular formula is C22H21N3O6S. The van der Waals surface area contributed by atoms with Crippen molar-refractivity contribution in [1.29, 1.82) is 0 Å². The normalized spacial score (nSPS) is 11.2. The molecule has 3 aromatic rings. The number of carbonyl (C=O) groups excluding carboxylic acids is 1. The Morgan fingerprint density at radius 2 is 1.91 bits per heavy atom. The Morgan fingerprint density at radius 1 is 1.12 bits per heavy atom. The van der Waals surface area contributed by atoms with E-state index in [0.717, 1.165) is 0 Å². The number of hydrogen-bond acceptors (Lipinski definition) is 8. The maximum Gasteiger partial charge on any atom is 0.345 e. The smallest absolute Gasteiger partial charge is 0.345 e. The quantitative estimate of drug-likeness (QED) is 0.228. The summed E-state index contributed by atoms with van der Waals surface area (Å²) >= 11 is 0. The number of pyridine rings is 1. The Balaban J connectivity index is 1.68. The average molecular weight is 455 g/mol. The van der Waals surface area contributed by atoms with Crippen molar-refractivity contribution in [1.82, 2.24) is 9.82 Å². The molecule has 1 N–H and O–H groups in total. The average Bonchev–Trinajstić information content (AvgIpc) is 2.81. The number of carbonyl (C=O) groups is 1. The SMILES string of the molecule is CCOc1ccc(S(=O)(=O)N/N=C/c2ccc(OC(=O)c3cccnc3)c(OC)c2)cc1. The molecule has 3 rings (SSSR count). The second-order valence-electron chi connectivity index (χ2n) is 6.30. The van der Waals surface area contributed by atoms with Crippen LogP contribution in [0.4, 0.5) is 0 Å². The molecule has 0 amide bonds. The first-order chi connectivity index (χ1) is 15.4. The van der Waals surface area contributed by atoms with Crippen LogP contribution < -0.4 is 19.0 Å². The third-order valence-corrected chi connectivity index (χ3v) is 5.36. The number of nitrogens with one attached hydrogen (secondary N) is 1. The maximum atomic E-state index is 12.4. The van der Waals surface area contributed by atoms with E-state index in [0.29, 0.717) is 23.5 Å². The summed E-state index contributed by atoms with van der Waals surface area (Å²) in [5.41, 5.74) is 0.821. The zero-order valence-electron chi connectivity index (χ0n) is 17.4. The van der Waals surface area contributed by atoms with Crippen LogP contribution in [0, 0.1) is 0 Å². The van der Waals surface area contributed by atoms with E-state index in [1.54, 1.807) is 42.6 Å². The number of sulfonamides is 1. The summed E-state index contributed by atoms with van der Waals surface area (Å²) in [7, 11) is -2.42. The molecule has 2 aromatic carbocycles. The predicted molar refractivity (Wildman–Crippen MR) is 118 cm³/mol. The molecule has 0 fully saturated rings. The van der Waals surface area contributed by atoms with E-state index in [-0.39, 0.29) is 16.4 Å². The molecule has 0 bridgehead atoms. The van der Waals surface area contributed by atoms with Gasteiger partial charge in [0.15, 0.2) is 11.5 Å². The van der Waals surface area contributed by atoms with Crippen LogP contribution in [0.1, 0.15) is 22.8 Å². The number of benzene rings is 2. The molecule has 10 heteroatoms. The van der Waals surface area contributed by atoms with Gasteiger partial charge >= 0.3 is 5.97 Å². The summed E-state index contributed by atoms with van der Waals surface area (Å²) in [5, 5.41) is 3.80. The Kier molecular flexibility index (Phi) is 7.40. The highest BCUT2D eigenvalue weighted by molar-refractivity contribution is 7.89. The summed E-state index contributed by atoms with van der Waals surface area (Å²) < 4.78 is 40.7. The fraction of sp³-hybridized carbons (Fsp3) is 0.136. The van der Waals surface area contributed by atoms with Gasteiger partial charge in [-0.25, -0.2) is 9.63 Å². The first kappa shape index (κ1) is 22.8. The molecule has 9 nitrogen and oxygen atoms in total. The second-order valence-corrected chi connectivity index (χ2v) is 7.96. The van der Waals surface area contributed by atoms with Crippen molar-refractivity contribution in [3.05, 3.63) is 78.1 Å². The summed E-state index contributed by atoms with van der Waals surface area (Å²) in [5.74, 6) is 0.473. The minimum absolute atomic E-state index is 0.0494. The van der Waals surface area contributed by atoms with Gasteiger partial charge in [-0.15, -0.1) is 0 Å². The molecule has 166 valence electrons. The number of hydrogen-bond donors (Lipinski definition) is 1. The summed E-state index contributed by atoms with van der Waals surface area (Å²) in [6.07, 6.45) is 4.25. The highest BCUT2D eigenvalue weighted by Crippen LogP contribution is 2.28. The molecule has 0 radical (unpaired) electrons. The van der Waals surface area contributed by atoms with Gasteiger partial charge in [0, 0.05) is 12.4 Å². The lowest BCUT2D eigenvalue weighted by Crippen LogP contribution is -2.18. The lowest BCUT2D eigenvalue weighted by molar-refractivity contribution is 0.0729. The number of hydrazone groups is 1. The maximum absolute atomic E-state index is 12.4. The van der Waals surface area contributed by atoms with Gasteiger partial charge in [0.25, 0.3) is 10.0 Å². The second kappa shape index (κ2) is 10.4. The van der Waals surface area contributed by atoms with E-state index in [1.165, 1.54) is 37.7 Å². The lowest BCUT2D eigenvalue weighted by atomic mass is 10.2. The van der Waals surface area contributed by atoms with E-state index in [9.17, 15) is 13.2 Å². The van der Waals surface area contributed by atoms with E-state index >= 15 is 0 Å². The molecule has 0 saturated carbocycles. The van der Waals surface area contributed by atoms with Gasteiger partial charge in [0.1, 0.15) is 5.75 Å². The predicted octanol–water partition coefficient (Wildman–Crippen LogP) is 3.02. The monoisotopic (exact) mass is 455 g/mol. The number of ether oxygens (including phenoxy) is 3. The number of nitrogens with zero attached hydrogens (tertiary/aromatic N) is 2. The van der Waals surface area contributed by atoms with Crippen molar-refractivity contribution in [2.45, 2.75) is 11.8 Å². The molecule has 32 heavy (non-hydrogen) atoms. The standard InChI is InChI=1S/C22H21N3O6S/c1-3-30-18-7-9-19(10-8-18)32(27,28)25-24-14-16-6-11-20(21(13-16)29-2)31-22(26)17-5-4-12-23-15-17/h4-15,25H,3H2,1-2H3/b24-14+. The minimum Gasteiger partial charge on any atom is -0.494 e. The Labute approximate surface area is 185 Å². The largest absolute Gasteiger partial charge is 0.494 e. The summed E-state index contributed by atoms with van der Waals surface area (Å²) in [6.45, 7) is 2.33. The zero-order chi connectivity index (χ0) is 23.0. The molecule has 0 aliphatic heterocycles. The summed E-state index contributed by atoms with van der Waals surface area (Å²) in [4.78, 5) is 18.3. The van der Waals surface area contributed by atoms with Crippen LogP contribution in [0.15, 0.2) is 77.0 Å². The molecule has 0 saturated heterocycles. The van der Waals surface area contributed by atoms with Gasteiger partial charge in [-0.1, -0.05) is 0 Å². The molecule has 0 atom stereocenters. The van der Waals surface area contributed by atoms with Gasteiger partial charge in [-0.05, 0) is 67.1 Å². The van der Waals surface area contributed by atoms with Gasteiger partial charge in [0.05, 0.1) is 30.4 Å². The van der Waals surface area contributed by atoms with Gasteiger partial charge in [-0.2, -0.15) is 13.5 Å². The molecule has 0 spiro atoms. The van der Waals surface area contributed by atoms with Crippen molar-refractivity contribution in [3.8, 4) is 17.2 Å². The minimum atomic E-state index is -3.84. The molecule has 1 aromatic heterocycles. The molecule has 0 aliphatic carbocycles. The van der Waals surface area contributed by atoms with Gasteiger partial charge in [-0.3, -0.25) is 4.98 Å². The van der Waals surface area contributed by atoms with Crippen LogP contribution in [0.2, 0.25) is 0 Å². The van der Waals surface area contributed by atoms with Gasteiger partial charge in [0.2, 0.25) is 0 Å². The van der Waals surface area contributed by atoms with Crippen molar-refractivity contribution >= 4 is 22.2 Å². The van der Waals surface area contributed by atoms with Crippen LogP contribution in [-0.4, -0.2) is 39.3 Å². The number of methoxy groups -OCH3 is 1. The topological polar surface area (TPSA) is 116 Å². The molecular weight excluding hydrogens is 434 g/mol. The third kappa shape index (κ3) is 5.82. The van der Waals surface area contributed by atoms with Gasteiger partial charge < -0.3 is 14.2 Å². The Morgan fingerprint density at radius 3 is 2.56 bits per heavy atom. The van der Waals surface area contributed by atoms with E-state index in [4.69, 9.17) is 14.2 Å². The number of esters is 1. The van der Waals surface area contributed by atoms with E-state index in [2.05, 4.69) is 14.9 Å². The fourth-order valence-electron chi connectivity index (χ4n) is 2.60. The Hall–Kier alpha value is -3.92. The van der Waals surface area contributed by atoms with Crippen molar-refractivity contribution in [2.24, 2.45) is 5.10 Å². The molecule has 0 aliphatic rings. The lowest BCUT2D eigenvalue weighted by Gasteiger charge is -2.10. The number of rotatable bonds is 9. The molecule has 0 unspecified atom stereocenters. The van der Waals surface area contributed by atoms with Crippen molar-refractivity contribution < 1.29 is 27.4 Å². The van der Waals surface area contributed by atoms with E-state index in [1.807, 2.05) is 6.92 Å². The van der Waals surface area contributed by atoms with Crippen LogP contribution in [0.25, 0.3) is 0 Å². The van der Waals surface area contributed by atoms with Crippen LogP contribution >= 0.6 is 0 Å². The van der Waals surface area contributed by atoms with Crippen LogP contribution in [0.5, 0.6) is 17.2 Å². The highest BCUT2D eigenvalue weighted by Gasteiger charge is 2.14. The van der Waals surface area contributed by atoms with Crippen LogP contribution in [-0.2, 0) is 10.0 Å². The van der Waals surface area contributed by atoms with E-state index < -0.39 is 16.0 Å². The summed E-state index contributed by atoms with van der Waals surface area (Å²) in [6, 6.07) is 13.9. The first-order valence-corrected chi connectivity index (χ1v) is 11.0. The van der Waals surface area contributed by atoms with Crippen molar-refractivity contribution in [2.75, 3.05) is 13.7 Å². The first-order valence-electron chi connectivity index (χ1n) is 9.51. The third-order valence-electron chi connectivity index (χ3n) is 4.12. The van der Waals surface area contributed by atoms with Crippen molar-refractivity contribution in [3.63, 3.8) is 0 Å².